The number of aryl methyl sites for hydroxylation is 1. The van der Waals surface area contributed by atoms with Gasteiger partial charge in [-0.15, -0.1) is 0 Å². The third kappa shape index (κ3) is 10.4. The molecule has 0 heterocycles. The van der Waals surface area contributed by atoms with Crippen LogP contribution in [0.2, 0.25) is 0 Å². The number of halogens is 1. The maximum absolute atomic E-state index is 16.3. The van der Waals surface area contributed by atoms with E-state index in [0.717, 1.165) is 0 Å². The third-order valence-electron chi connectivity index (χ3n) is 5.43. The summed E-state index contributed by atoms with van der Waals surface area (Å²) >= 11 is 0. The molecule has 41 heavy (non-hydrogen) atoms. The Morgan fingerprint density at radius 1 is 1.24 bits per heavy atom. The largest absolute Gasteiger partial charge is 0.480 e. The molecule has 0 saturated heterocycles. The fourth-order valence-corrected chi connectivity index (χ4v) is 4.88. The van der Waals surface area contributed by atoms with Gasteiger partial charge in [0.25, 0.3) is 0 Å². The van der Waals surface area contributed by atoms with Crippen molar-refractivity contribution in [3.63, 3.8) is 0 Å². The second-order valence-corrected chi connectivity index (χ2v) is 11.4. The number of anilines is 1. The highest BCUT2D eigenvalue weighted by molar-refractivity contribution is 7.91. The van der Waals surface area contributed by atoms with Crippen LogP contribution in [-0.4, -0.2) is 83.6 Å². The van der Waals surface area contributed by atoms with Crippen LogP contribution < -0.4 is 19.1 Å². The predicted molar refractivity (Wildman–Crippen MR) is 143 cm³/mol. The van der Waals surface area contributed by atoms with E-state index in [1.807, 2.05) is 0 Å². The third-order valence-corrected chi connectivity index (χ3v) is 6.74. The summed E-state index contributed by atoms with van der Waals surface area (Å²) in [5.74, 6) is -3.11. The van der Waals surface area contributed by atoms with E-state index in [2.05, 4.69) is 16.6 Å². The lowest BCUT2D eigenvalue weighted by Gasteiger charge is -2.31. The number of fused-ring (bicyclic) bond motifs is 1. The van der Waals surface area contributed by atoms with Gasteiger partial charge in [-0.05, 0) is 57.2 Å². The minimum absolute atomic E-state index is 0.0276. The Balaban J connectivity index is 2.53. The van der Waals surface area contributed by atoms with Gasteiger partial charge >= 0.3 is 28.4 Å². The van der Waals surface area contributed by atoms with E-state index in [0.29, 0.717) is 12.0 Å². The number of carbonyl (C=O) groups is 3. The zero-order valence-electron chi connectivity index (χ0n) is 23.4. The van der Waals surface area contributed by atoms with Crippen LogP contribution in [0.5, 0.6) is 5.75 Å². The van der Waals surface area contributed by atoms with Crippen LogP contribution in [0.3, 0.4) is 0 Å². The second kappa shape index (κ2) is 14.8. The van der Waals surface area contributed by atoms with E-state index in [1.54, 1.807) is 25.5 Å². The molecule has 1 atom stereocenters. The van der Waals surface area contributed by atoms with E-state index in [-0.39, 0.29) is 48.3 Å². The first-order valence-corrected chi connectivity index (χ1v) is 14.0. The van der Waals surface area contributed by atoms with Crippen molar-refractivity contribution in [2.24, 2.45) is 0 Å². The number of alkyl carbamates (subject to hydrolysis) is 1. The van der Waals surface area contributed by atoms with Gasteiger partial charge in [-0.1, -0.05) is 12.7 Å². The van der Waals surface area contributed by atoms with Gasteiger partial charge in [0.1, 0.15) is 30.2 Å². The van der Waals surface area contributed by atoms with Gasteiger partial charge in [0.05, 0.1) is 13.2 Å². The van der Waals surface area contributed by atoms with Gasteiger partial charge in [-0.2, -0.15) is 8.42 Å². The summed E-state index contributed by atoms with van der Waals surface area (Å²) in [6.07, 6.45) is -0.355. The zero-order chi connectivity index (χ0) is 30.8. The summed E-state index contributed by atoms with van der Waals surface area (Å²) in [5, 5.41) is 12.2. The summed E-state index contributed by atoms with van der Waals surface area (Å²) in [4.78, 5) is 36.0. The minimum atomic E-state index is -5.04. The summed E-state index contributed by atoms with van der Waals surface area (Å²) in [5.41, 5.74) is -1.06. The molecule has 0 radical (unpaired) electrons. The number of aliphatic carboxylic acids is 1. The minimum Gasteiger partial charge on any atom is -0.480 e. The van der Waals surface area contributed by atoms with Crippen molar-refractivity contribution in [2.45, 2.75) is 51.7 Å². The highest BCUT2D eigenvalue weighted by atomic mass is 32.2. The summed E-state index contributed by atoms with van der Waals surface area (Å²) < 4.78 is 69.8. The lowest BCUT2D eigenvalue weighted by molar-refractivity contribution is -0.135. The standard InChI is InChI=1S/C25H36FN3O11S/c1-6-9-38-24(33)28-41(34,35)29(14-20(30)31)22-19(39-15-37-11-10-36-5)12-16-7-8-17(13-18(16)21(22)26)27-23(32)40-25(2,3)4/h6,12,17H,1,7-11,13-15H2,2-5H3,(H,27,32)(H,28,33)(H,30,31)/t17-/m1/s1. The van der Waals surface area contributed by atoms with E-state index in [4.69, 9.17) is 18.9 Å². The molecule has 14 nitrogen and oxygen atoms in total. The van der Waals surface area contributed by atoms with Gasteiger partial charge in [0.15, 0.2) is 12.6 Å². The van der Waals surface area contributed by atoms with Crippen LogP contribution in [0.15, 0.2) is 18.7 Å². The van der Waals surface area contributed by atoms with Crippen molar-refractivity contribution in [3.05, 3.63) is 35.7 Å². The lowest BCUT2D eigenvalue weighted by atomic mass is 9.87. The fraction of sp³-hybridized carbons (Fsp3) is 0.560. The zero-order valence-corrected chi connectivity index (χ0v) is 24.2. The molecule has 1 aromatic carbocycles. The summed E-state index contributed by atoms with van der Waals surface area (Å²) in [7, 11) is -3.59. The molecule has 230 valence electrons. The van der Waals surface area contributed by atoms with Gasteiger partial charge in [-0.25, -0.2) is 23.0 Å². The van der Waals surface area contributed by atoms with Crippen LogP contribution in [0.25, 0.3) is 0 Å². The van der Waals surface area contributed by atoms with Crippen molar-refractivity contribution >= 4 is 34.1 Å². The van der Waals surface area contributed by atoms with E-state index in [9.17, 15) is 27.9 Å². The first kappa shape index (κ1) is 33.6. The molecule has 0 aliphatic heterocycles. The average molecular weight is 606 g/mol. The van der Waals surface area contributed by atoms with Crippen molar-refractivity contribution in [1.29, 1.82) is 0 Å². The second-order valence-electron chi connectivity index (χ2n) is 9.82. The molecule has 0 bridgehead atoms. The number of methoxy groups -OCH3 is 1. The van der Waals surface area contributed by atoms with Crippen LogP contribution >= 0.6 is 0 Å². The molecule has 2 amide bonds. The number of carbonyl (C=O) groups excluding carboxylic acids is 2. The quantitative estimate of drug-likeness (QED) is 0.161. The van der Waals surface area contributed by atoms with Crippen molar-refractivity contribution in [2.75, 3.05) is 44.6 Å². The van der Waals surface area contributed by atoms with Crippen molar-refractivity contribution in [1.82, 2.24) is 10.0 Å². The van der Waals surface area contributed by atoms with E-state index < -0.39 is 64.9 Å². The number of hydrogen-bond donors (Lipinski definition) is 3. The number of nitrogens with zero attached hydrogens (tertiary/aromatic N) is 1. The number of amides is 2. The smallest absolute Gasteiger partial charge is 0.422 e. The molecule has 0 fully saturated rings. The molecule has 1 aliphatic carbocycles. The topological polar surface area (TPSA) is 179 Å². The fourth-order valence-electron chi connectivity index (χ4n) is 3.81. The number of carboxylic acid groups (broad SMARTS) is 1. The first-order valence-electron chi connectivity index (χ1n) is 12.5. The Bertz CT molecular complexity index is 1220. The summed E-state index contributed by atoms with van der Waals surface area (Å²) in [6, 6.07) is 0.803. The highest BCUT2D eigenvalue weighted by Crippen LogP contribution is 2.40. The van der Waals surface area contributed by atoms with Crippen LogP contribution in [-0.2, 0) is 46.8 Å². The van der Waals surface area contributed by atoms with Crippen LogP contribution in [0.4, 0.5) is 19.7 Å². The van der Waals surface area contributed by atoms with Crippen LogP contribution in [0, 0.1) is 5.82 Å². The number of ether oxygens (including phenoxy) is 5. The first-order chi connectivity index (χ1) is 19.2. The molecule has 0 spiro atoms. The van der Waals surface area contributed by atoms with Gasteiger partial charge in [-0.3, -0.25) is 4.79 Å². The Hall–Kier alpha value is -3.63. The normalized spacial score (nSPS) is 14.8. The monoisotopic (exact) mass is 605 g/mol. The van der Waals surface area contributed by atoms with E-state index in [1.165, 1.54) is 19.3 Å². The van der Waals surface area contributed by atoms with Gasteiger partial charge < -0.3 is 34.1 Å². The predicted octanol–water partition coefficient (Wildman–Crippen LogP) is 2.26. The maximum Gasteiger partial charge on any atom is 0.422 e. The number of hydrogen-bond acceptors (Lipinski definition) is 10. The molecule has 0 unspecified atom stereocenters. The molecule has 2 rings (SSSR count). The summed E-state index contributed by atoms with van der Waals surface area (Å²) in [6.45, 7) is 6.66. The van der Waals surface area contributed by atoms with Gasteiger partial charge in [0, 0.05) is 13.2 Å². The molecule has 1 aromatic rings. The number of rotatable bonds is 14. The molecular weight excluding hydrogens is 569 g/mol. The molecule has 0 aromatic heterocycles. The number of benzene rings is 1. The van der Waals surface area contributed by atoms with Gasteiger partial charge in [0.2, 0.25) is 0 Å². The molecular formula is C25H36FN3O11S. The number of nitrogens with one attached hydrogen (secondary N) is 2. The average Bonchev–Trinajstić information content (AvgIpc) is 2.85. The Morgan fingerprint density at radius 3 is 2.56 bits per heavy atom. The van der Waals surface area contributed by atoms with Crippen molar-refractivity contribution < 1.29 is 56.0 Å². The molecule has 1 aliphatic rings. The van der Waals surface area contributed by atoms with E-state index >= 15 is 4.39 Å². The Morgan fingerprint density at radius 2 is 1.95 bits per heavy atom. The Kier molecular flexibility index (Phi) is 12.2. The SMILES string of the molecule is C=CCOC(=O)NS(=O)(=O)N(CC(=O)O)c1c(OCOCCOC)cc2c(c1F)C[C@H](NC(=O)OC(C)(C)C)CC2. The molecule has 16 heteroatoms. The lowest BCUT2D eigenvalue weighted by Crippen LogP contribution is -2.47. The molecule has 0 saturated carbocycles. The van der Waals surface area contributed by atoms with Crippen molar-refractivity contribution in [3.8, 4) is 5.75 Å². The van der Waals surface area contributed by atoms with Crippen LogP contribution in [0.1, 0.15) is 38.3 Å². The number of carboxylic acids is 1. The molecule has 3 N–H and O–H groups in total. The highest BCUT2D eigenvalue weighted by Gasteiger charge is 2.36. The maximum atomic E-state index is 16.3. The Labute approximate surface area is 237 Å².